The summed E-state index contributed by atoms with van der Waals surface area (Å²) in [6.45, 7) is 5.93. The van der Waals surface area contributed by atoms with Gasteiger partial charge in [0.15, 0.2) is 5.96 Å². The number of aryl methyl sites for hydroxylation is 2. The quantitative estimate of drug-likeness (QED) is 0.331. The molecule has 29 heavy (non-hydrogen) atoms. The van der Waals surface area contributed by atoms with Gasteiger partial charge in [0.25, 0.3) is 0 Å². The molecule has 1 saturated heterocycles. The minimum atomic E-state index is -5.27. The van der Waals surface area contributed by atoms with E-state index >= 15 is 0 Å². The van der Waals surface area contributed by atoms with Crippen molar-refractivity contribution in [2.75, 3.05) is 26.7 Å². The van der Waals surface area contributed by atoms with Crippen molar-refractivity contribution in [3.8, 4) is 0 Å². The molecule has 0 amide bonds. The Balaban J connectivity index is 0.00000420. The number of hydrogen-bond donors (Lipinski definition) is 2. The molecule has 1 aliphatic heterocycles. The summed E-state index contributed by atoms with van der Waals surface area (Å²) < 4.78 is 66.5. The lowest BCUT2D eigenvalue weighted by molar-refractivity contribution is -0.0494. The summed E-state index contributed by atoms with van der Waals surface area (Å²) in [5.74, 6) is 1.38. The highest BCUT2D eigenvalue weighted by atomic mass is 127. The topological polar surface area (TPSA) is 99.8 Å². The van der Waals surface area contributed by atoms with Crippen molar-refractivity contribution in [1.29, 1.82) is 0 Å². The van der Waals surface area contributed by atoms with Gasteiger partial charge in [-0.25, -0.2) is 8.42 Å². The summed E-state index contributed by atoms with van der Waals surface area (Å²) in [5, 5.41) is 10.3. The van der Waals surface area contributed by atoms with Gasteiger partial charge >= 0.3 is 15.5 Å². The van der Waals surface area contributed by atoms with Crippen molar-refractivity contribution in [3.05, 3.63) is 17.0 Å². The third-order valence-corrected chi connectivity index (χ3v) is 6.44. The maximum atomic E-state index is 12.6. The fraction of sp³-hybridized carbons (Fsp3) is 0.750. The van der Waals surface area contributed by atoms with E-state index in [2.05, 4.69) is 20.8 Å². The average Bonchev–Trinajstić information content (AvgIpc) is 2.96. The molecule has 0 radical (unpaired) electrons. The van der Waals surface area contributed by atoms with Crippen molar-refractivity contribution in [2.45, 2.75) is 51.1 Å². The molecule has 2 rings (SSSR count). The number of rotatable bonds is 5. The Bertz CT molecular complexity index is 786. The Morgan fingerprint density at radius 2 is 1.93 bits per heavy atom. The van der Waals surface area contributed by atoms with Crippen LogP contribution in [0.5, 0.6) is 0 Å². The second kappa shape index (κ2) is 10.3. The molecule has 1 aromatic rings. The minimum Gasteiger partial charge on any atom is -0.361 e. The van der Waals surface area contributed by atoms with Crippen molar-refractivity contribution in [3.63, 3.8) is 0 Å². The lowest BCUT2D eigenvalue weighted by Crippen LogP contribution is -2.52. The average molecular weight is 553 g/mol. The summed E-state index contributed by atoms with van der Waals surface area (Å²) >= 11 is 0. The number of sulfonamides is 1. The number of aliphatic imine (C=N–C) groups is 1. The van der Waals surface area contributed by atoms with Gasteiger partial charge in [0.2, 0.25) is 0 Å². The van der Waals surface area contributed by atoms with E-state index in [1.165, 1.54) is 0 Å². The van der Waals surface area contributed by atoms with Gasteiger partial charge in [0.1, 0.15) is 5.76 Å². The lowest BCUT2D eigenvalue weighted by Gasteiger charge is -2.32. The molecule has 13 heteroatoms. The summed E-state index contributed by atoms with van der Waals surface area (Å²) in [7, 11) is -3.67. The first-order valence-corrected chi connectivity index (χ1v) is 10.4. The van der Waals surface area contributed by atoms with Crippen molar-refractivity contribution < 1.29 is 26.1 Å². The zero-order chi connectivity index (χ0) is 21.1. The number of hydrogen-bond acceptors (Lipinski definition) is 5. The van der Waals surface area contributed by atoms with Gasteiger partial charge in [-0.05, 0) is 26.7 Å². The Hall–Kier alpha value is -1.09. The number of alkyl halides is 3. The Kier molecular flexibility index (Phi) is 9.20. The Morgan fingerprint density at radius 3 is 2.38 bits per heavy atom. The lowest BCUT2D eigenvalue weighted by atomic mass is 10.00. The first-order valence-electron chi connectivity index (χ1n) is 8.93. The second-order valence-electron chi connectivity index (χ2n) is 6.86. The summed E-state index contributed by atoms with van der Waals surface area (Å²) in [5.41, 5.74) is -3.42. The van der Waals surface area contributed by atoms with Gasteiger partial charge in [-0.1, -0.05) is 12.1 Å². The van der Waals surface area contributed by atoms with E-state index in [9.17, 15) is 21.6 Å². The van der Waals surface area contributed by atoms with E-state index in [1.807, 2.05) is 20.8 Å². The first-order chi connectivity index (χ1) is 13.0. The summed E-state index contributed by atoms with van der Waals surface area (Å²) in [4.78, 5) is 4.13. The maximum Gasteiger partial charge on any atom is 0.511 e. The van der Waals surface area contributed by atoms with E-state index < -0.39 is 15.5 Å². The molecule has 0 saturated carbocycles. The largest absolute Gasteiger partial charge is 0.511 e. The van der Waals surface area contributed by atoms with Gasteiger partial charge in [0.05, 0.1) is 5.69 Å². The van der Waals surface area contributed by atoms with Crippen molar-refractivity contribution >= 4 is 40.0 Å². The molecule has 1 aromatic heterocycles. The van der Waals surface area contributed by atoms with E-state index in [4.69, 9.17) is 4.52 Å². The standard InChI is InChI=1S/C16H26F3N5O3S.HI/c1-10(14-11(2)23-27-12(14)3)9-21-15(20-4)22-13-5-7-24(8-6-13)28(25,26)16(17,18)19;/h10,13H,5-9H2,1-4H3,(H2,20,21,22);1H. The fourth-order valence-corrected chi connectivity index (χ4v) is 4.30. The van der Waals surface area contributed by atoms with Gasteiger partial charge in [0, 0.05) is 44.2 Å². The van der Waals surface area contributed by atoms with Crippen LogP contribution in [0.15, 0.2) is 9.52 Å². The molecular weight excluding hydrogens is 526 g/mol. The Labute approximate surface area is 185 Å². The van der Waals surface area contributed by atoms with Crippen LogP contribution in [-0.4, -0.2) is 62.1 Å². The van der Waals surface area contributed by atoms with Gasteiger partial charge < -0.3 is 15.2 Å². The molecule has 1 fully saturated rings. The molecular formula is C16H27F3IN5O3S. The SMILES string of the molecule is CN=C(NCC(C)c1c(C)noc1C)NC1CCN(S(=O)(=O)C(F)(F)F)CC1.I. The van der Waals surface area contributed by atoms with Crippen LogP contribution in [0.4, 0.5) is 13.2 Å². The molecule has 8 nitrogen and oxygen atoms in total. The summed E-state index contributed by atoms with van der Waals surface area (Å²) in [6, 6.07) is -0.166. The highest BCUT2D eigenvalue weighted by molar-refractivity contribution is 14.0. The van der Waals surface area contributed by atoms with E-state index in [0.717, 1.165) is 17.0 Å². The molecule has 0 spiro atoms. The molecule has 1 aliphatic rings. The molecule has 168 valence electrons. The number of guanidine groups is 1. The highest BCUT2D eigenvalue weighted by Crippen LogP contribution is 2.29. The number of halogens is 4. The number of nitrogens with one attached hydrogen (secondary N) is 2. The van der Waals surface area contributed by atoms with E-state index in [-0.39, 0.29) is 61.9 Å². The number of piperidine rings is 1. The molecule has 1 unspecified atom stereocenters. The monoisotopic (exact) mass is 553 g/mol. The number of aromatic nitrogens is 1. The van der Waals surface area contributed by atoms with Gasteiger partial charge in [-0.15, -0.1) is 24.0 Å². The maximum absolute atomic E-state index is 12.6. The van der Waals surface area contributed by atoms with Crippen LogP contribution >= 0.6 is 24.0 Å². The van der Waals surface area contributed by atoms with Crippen LogP contribution in [-0.2, 0) is 10.0 Å². The fourth-order valence-electron chi connectivity index (χ4n) is 3.32. The van der Waals surface area contributed by atoms with Gasteiger partial charge in [-0.3, -0.25) is 4.99 Å². The normalized spacial score (nSPS) is 18.2. The zero-order valence-electron chi connectivity index (χ0n) is 16.7. The Morgan fingerprint density at radius 1 is 1.34 bits per heavy atom. The second-order valence-corrected chi connectivity index (χ2v) is 8.79. The summed E-state index contributed by atoms with van der Waals surface area (Å²) in [6.07, 6.45) is 0.519. The third-order valence-electron chi connectivity index (χ3n) is 4.81. The molecule has 2 heterocycles. The molecule has 0 bridgehead atoms. The smallest absolute Gasteiger partial charge is 0.361 e. The molecule has 1 atom stereocenters. The highest BCUT2D eigenvalue weighted by Gasteiger charge is 2.50. The van der Waals surface area contributed by atoms with Crippen LogP contribution in [0.1, 0.15) is 42.7 Å². The van der Waals surface area contributed by atoms with Crippen LogP contribution in [0.25, 0.3) is 0 Å². The van der Waals surface area contributed by atoms with Gasteiger partial charge in [-0.2, -0.15) is 17.5 Å². The predicted molar refractivity (Wildman–Crippen MR) is 114 cm³/mol. The van der Waals surface area contributed by atoms with Crippen molar-refractivity contribution in [1.82, 2.24) is 20.1 Å². The van der Waals surface area contributed by atoms with E-state index in [0.29, 0.717) is 16.8 Å². The van der Waals surface area contributed by atoms with Crippen molar-refractivity contribution in [2.24, 2.45) is 4.99 Å². The first kappa shape index (κ1) is 25.9. The predicted octanol–water partition coefficient (Wildman–Crippen LogP) is 2.49. The van der Waals surface area contributed by atoms with E-state index in [1.54, 1.807) is 7.05 Å². The molecule has 0 aromatic carbocycles. The molecule has 2 N–H and O–H groups in total. The molecule has 0 aliphatic carbocycles. The van der Waals surface area contributed by atoms with Crippen LogP contribution in [0.2, 0.25) is 0 Å². The van der Waals surface area contributed by atoms with Crippen LogP contribution in [0.3, 0.4) is 0 Å². The zero-order valence-corrected chi connectivity index (χ0v) is 19.9. The van der Waals surface area contributed by atoms with Crippen LogP contribution in [0, 0.1) is 13.8 Å². The third kappa shape index (κ3) is 6.20. The van der Waals surface area contributed by atoms with Crippen LogP contribution < -0.4 is 10.6 Å². The number of nitrogens with zero attached hydrogens (tertiary/aromatic N) is 3. The minimum absolute atomic E-state index is 0.